The van der Waals surface area contributed by atoms with Gasteiger partial charge < -0.3 is 9.84 Å². The minimum atomic E-state index is -0.165. The Morgan fingerprint density at radius 1 is 1.53 bits per heavy atom. The van der Waals surface area contributed by atoms with Crippen molar-refractivity contribution in [2.45, 2.75) is 39.3 Å². The summed E-state index contributed by atoms with van der Waals surface area (Å²) in [6, 6.07) is 1.83. The lowest BCUT2D eigenvalue weighted by atomic mass is 10.1. The molecule has 0 aliphatic carbocycles. The number of carbonyl (C=O) groups excluding carboxylic acids is 1. The Balaban J connectivity index is 2.24. The van der Waals surface area contributed by atoms with Crippen molar-refractivity contribution in [2.75, 3.05) is 13.6 Å². The summed E-state index contributed by atoms with van der Waals surface area (Å²) >= 11 is 0. The Morgan fingerprint density at radius 2 is 2.24 bits per heavy atom. The smallest absolute Gasteiger partial charge is 0.221 e. The quantitative estimate of drug-likeness (QED) is 0.844. The molecule has 0 saturated carbocycles. The second-order valence-corrected chi connectivity index (χ2v) is 5.28. The monoisotopic (exact) mass is 239 g/mol. The topological polar surface area (TPSA) is 58.4 Å². The molecule has 1 rings (SSSR count). The molecule has 0 bridgehead atoms. The molecule has 1 heterocycles. The normalized spacial score (nSPS) is 11.8. The zero-order chi connectivity index (χ0) is 12.9. The van der Waals surface area contributed by atoms with Crippen LogP contribution in [0.3, 0.4) is 0 Å². The maximum absolute atomic E-state index is 11.6. The molecule has 1 aromatic heterocycles. The standard InChI is InChI=1S/C12H21N3O2/c1-12(2,3)13-11(16)5-7-15(4)9-10-6-8-17-14-10/h6,8H,5,7,9H2,1-4H3,(H,13,16). The highest BCUT2D eigenvalue weighted by Gasteiger charge is 2.14. The molecule has 0 spiro atoms. The van der Waals surface area contributed by atoms with Crippen LogP contribution in [0.15, 0.2) is 16.9 Å². The average Bonchev–Trinajstić information content (AvgIpc) is 2.64. The summed E-state index contributed by atoms with van der Waals surface area (Å²) in [5.74, 6) is 0.0736. The van der Waals surface area contributed by atoms with Crippen LogP contribution in [-0.4, -0.2) is 35.1 Å². The summed E-state index contributed by atoms with van der Waals surface area (Å²) in [6.07, 6.45) is 2.04. The fourth-order valence-corrected chi connectivity index (χ4v) is 1.45. The van der Waals surface area contributed by atoms with Crippen molar-refractivity contribution in [1.82, 2.24) is 15.4 Å². The molecule has 5 heteroatoms. The molecule has 96 valence electrons. The van der Waals surface area contributed by atoms with Gasteiger partial charge in [-0.1, -0.05) is 5.16 Å². The van der Waals surface area contributed by atoms with E-state index in [1.54, 1.807) is 6.26 Å². The van der Waals surface area contributed by atoms with Gasteiger partial charge in [-0.25, -0.2) is 0 Å². The van der Waals surface area contributed by atoms with Gasteiger partial charge in [0.1, 0.15) is 6.26 Å². The first-order valence-electron chi connectivity index (χ1n) is 5.75. The molecule has 0 atom stereocenters. The van der Waals surface area contributed by atoms with E-state index in [4.69, 9.17) is 4.52 Å². The Bertz CT molecular complexity index is 341. The lowest BCUT2D eigenvalue weighted by Crippen LogP contribution is -2.41. The van der Waals surface area contributed by atoms with Crippen molar-refractivity contribution in [3.8, 4) is 0 Å². The van der Waals surface area contributed by atoms with Crippen LogP contribution in [-0.2, 0) is 11.3 Å². The summed E-state index contributed by atoms with van der Waals surface area (Å²) in [4.78, 5) is 13.6. The van der Waals surface area contributed by atoms with Gasteiger partial charge >= 0.3 is 0 Å². The predicted molar refractivity (Wildman–Crippen MR) is 65.3 cm³/mol. The number of nitrogens with zero attached hydrogens (tertiary/aromatic N) is 2. The van der Waals surface area contributed by atoms with Crippen molar-refractivity contribution in [3.63, 3.8) is 0 Å². The Labute approximate surface area is 102 Å². The van der Waals surface area contributed by atoms with E-state index >= 15 is 0 Å². The van der Waals surface area contributed by atoms with Gasteiger partial charge in [0.2, 0.25) is 5.91 Å². The van der Waals surface area contributed by atoms with E-state index in [9.17, 15) is 4.79 Å². The third-order valence-electron chi connectivity index (χ3n) is 2.16. The van der Waals surface area contributed by atoms with Crippen molar-refractivity contribution < 1.29 is 9.32 Å². The van der Waals surface area contributed by atoms with E-state index in [0.717, 1.165) is 5.69 Å². The number of nitrogens with one attached hydrogen (secondary N) is 1. The summed E-state index contributed by atoms with van der Waals surface area (Å²) < 4.78 is 4.75. The molecule has 0 aromatic carbocycles. The van der Waals surface area contributed by atoms with Crippen molar-refractivity contribution in [2.24, 2.45) is 0 Å². The molecule has 0 aliphatic rings. The van der Waals surface area contributed by atoms with Gasteiger partial charge in [-0.15, -0.1) is 0 Å². The van der Waals surface area contributed by atoms with Gasteiger partial charge in [-0.05, 0) is 27.8 Å². The second kappa shape index (κ2) is 5.82. The zero-order valence-corrected chi connectivity index (χ0v) is 11.0. The molecule has 5 nitrogen and oxygen atoms in total. The van der Waals surface area contributed by atoms with E-state index < -0.39 is 0 Å². The van der Waals surface area contributed by atoms with Crippen LogP contribution < -0.4 is 5.32 Å². The van der Waals surface area contributed by atoms with Gasteiger partial charge in [-0.2, -0.15) is 0 Å². The highest BCUT2D eigenvalue weighted by molar-refractivity contribution is 5.76. The minimum Gasteiger partial charge on any atom is -0.364 e. The van der Waals surface area contributed by atoms with Crippen LogP contribution in [0.1, 0.15) is 32.9 Å². The molecular formula is C12H21N3O2. The van der Waals surface area contributed by atoms with E-state index in [0.29, 0.717) is 19.5 Å². The van der Waals surface area contributed by atoms with E-state index in [1.165, 1.54) is 0 Å². The Kier molecular flexibility index (Phi) is 4.69. The summed E-state index contributed by atoms with van der Waals surface area (Å²) in [6.45, 7) is 7.33. The van der Waals surface area contributed by atoms with Crippen LogP contribution in [0.5, 0.6) is 0 Å². The van der Waals surface area contributed by atoms with Crippen molar-refractivity contribution in [3.05, 3.63) is 18.0 Å². The minimum absolute atomic E-state index is 0.0736. The molecule has 0 aliphatic heterocycles. The molecule has 1 aromatic rings. The van der Waals surface area contributed by atoms with E-state index in [1.807, 2.05) is 38.8 Å². The van der Waals surface area contributed by atoms with E-state index in [-0.39, 0.29) is 11.4 Å². The van der Waals surface area contributed by atoms with E-state index in [2.05, 4.69) is 10.5 Å². The van der Waals surface area contributed by atoms with Crippen LogP contribution >= 0.6 is 0 Å². The summed E-state index contributed by atoms with van der Waals surface area (Å²) in [7, 11) is 1.96. The predicted octanol–water partition coefficient (Wildman–Crippen LogP) is 1.41. The second-order valence-electron chi connectivity index (χ2n) is 5.28. The third-order valence-corrected chi connectivity index (χ3v) is 2.16. The van der Waals surface area contributed by atoms with Gasteiger partial charge in [-0.3, -0.25) is 9.69 Å². The fraction of sp³-hybridized carbons (Fsp3) is 0.667. The van der Waals surface area contributed by atoms with Gasteiger partial charge in [0, 0.05) is 31.1 Å². The number of hydrogen-bond acceptors (Lipinski definition) is 4. The number of hydrogen-bond donors (Lipinski definition) is 1. The largest absolute Gasteiger partial charge is 0.364 e. The molecule has 17 heavy (non-hydrogen) atoms. The summed E-state index contributed by atoms with van der Waals surface area (Å²) in [5, 5.41) is 6.76. The van der Waals surface area contributed by atoms with Crippen molar-refractivity contribution in [1.29, 1.82) is 0 Å². The maximum atomic E-state index is 11.6. The number of amides is 1. The first-order chi connectivity index (χ1) is 7.87. The maximum Gasteiger partial charge on any atom is 0.221 e. The Hall–Kier alpha value is -1.36. The molecule has 0 radical (unpaired) electrons. The van der Waals surface area contributed by atoms with Gasteiger partial charge in [0.15, 0.2) is 0 Å². The van der Waals surface area contributed by atoms with Crippen LogP contribution in [0, 0.1) is 0 Å². The van der Waals surface area contributed by atoms with Crippen LogP contribution in [0.2, 0.25) is 0 Å². The number of rotatable bonds is 5. The van der Waals surface area contributed by atoms with Gasteiger partial charge in [0.25, 0.3) is 0 Å². The SMILES string of the molecule is CN(CCC(=O)NC(C)(C)C)Cc1ccon1. The van der Waals surface area contributed by atoms with Crippen LogP contribution in [0.4, 0.5) is 0 Å². The Morgan fingerprint density at radius 3 is 2.76 bits per heavy atom. The van der Waals surface area contributed by atoms with Crippen molar-refractivity contribution >= 4 is 5.91 Å². The summed E-state index contributed by atoms with van der Waals surface area (Å²) in [5.41, 5.74) is 0.714. The molecule has 0 unspecified atom stereocenters. The molecular weight excluding hydrogens is 218 g/mol. The fourth-order valence-electron chi connectivity index (χ4n) is 1.45. The molecule has 1 N–H and O–H groups in total. The third kappa shape index (κ3) is 6.06. The molecule has 0 fully saturated rings. The average molecular weight is 239 g/mol. The zero-order valence-electron chi connectivity index (χ0n) is 11.0. The van der Waals surface area contributed by atoms with Crippen LogP contribution in [0.25, 0.3) is 0 Å². The number of aromatic nitrogens is 1. The van der Waals surface area contributed by atoms with Gasteiger partial charge in [0.05, 0.1) is 5.69 Å². The molecule has 1 amide bonds. The number of carbonyl (C=O) groups is 1. The lowest BCUT2D eigenvalue weighted by molar-refractivity contribution is -0.122. The first-order valence-corrected chi connectivity index (χ1v) is 5.75. The molecule has 0 saturated heterocycles. The lowest BCUT2D eigenvalue weighted by Gasteiger charge is -2.21. The highest BCUT2D eigenvalue weighted by atomic mass is 16.5. The highest BCUT2D eigenvalue weighted by Crippen LogP contribution is 2.02. The first kappa shape index (κ1) is 13.7.